The third-order valence-electron chi connectivity index (χ3n) is 2.58. The van der Waals surface area contributed by atoms with E-state index in [-0.39, 0.29) is 24.1 Å². The Morgan fingerprint density at radius 1 is 1.41 bits per heavy atom. The highest BCUT2D eigenvalue weighted by Crippen LogP contribution is 2.12. The van der Waals surface area contributed by atoms with Crippen molar-refractivity contribution in [3.63, 3.8) is 0 Å². The van der Waals surface area contributed by atoms with Gasteiger partial charge in [-0.15, -0.1) is 0 Å². The molecule has 0 saturated carbocycles. The van der Waals surface area contributed by atoms with Crippen LogP contribution in [0.1, 0.15) is 33.6 Å². The molecule has 1 atom stereocenters. The number of nitrogens with two attached hydrogens (primary N) is 1. The summed E-state index contributed by atoms with van der Waals surface area (Å²) in [5.74, 6) is -0.277. The van der Waals surface area contributed by atoms with Crippen LogP contribution in [0.15, 0.2) is 0 Å². The molecule has 0 aromatic heterocycles. The number of carbonyl (C=O) groups excluding carboxylic acids is 1. The molecule has 0 radical (unpaired) electrons. The van der Waals surface area contributed by atoms with Gasteiger partial charge in [-0.25, -0.2) is 0 Å². The monoisotopic (exact) mass is 247 g/mol. The summed E-state index contributed by atoms with van der Waals surface area (Å²) >= 11 is 0. The highest BCUT2D eigenvalue weighted by atomic mass is 16.5. The van der Waals surface area contributed by atoms with Crippen molar-refractivity contribution in [1.29, 1.82) is 0 Å². The van der Waals surface area contributed by atoms with Crippen LogP contribution in [-0.4, -0.2) is 44.5 Å². The summed E-state index contributed by atoms with van der Waals surface area (Å²) in [5.41, 5.74) is 5.20. The topological polar surface area (TPSA) is 70.8 Å². The van der Waals surface area contributed by atoms with Crippen LogP contribution in [0.4, 0.5) is 0 Å². The number of methoxy groups -OCH3 is 1. The van der Waals surface area contributed by atoms with E-state index in [1.165, 1.54) is 0 Å². The van der Waals surface area contributed by atoms with Gasteiger partial charge in [0.05, 0.1) is 24.7 Å². The second-order valence-electron chi connectivity index (χ2n) is 4.45. The van der Waals surface area contributed by atoms with Crippen LogP contribution < -0.4 is 5.73 Å². The minimum absolute atomic E-state index is 0.206. The van der Waals surface area contributed by atoms with E-state index in [2.05, 4.69) is 0 Å². The highest BCUT2D eigenvalue weighted by Gasteiger charge is 2.18. The minimum atomic E-state index is -0.277. The maximum atomic E-state index is 11.5. The second kappa shape index (κ2) is 8.44. The molecular weight excluding hydrogens is 222 g/mol. The summed E-state index contributed by atoms with van der Waals surface area (Å²) in [5, 5.41) is 0. The number of rotatable bonds is 9. The first-order valence-corrected chi connectivity index (χ1v) is 5.97. The largest absolute Gasteiger partial charge is 0.465 e. The molecule has 0 rings (SSSR count). The molecule has 0 heterocycles. The van der Waals surface area contributed by atoms with Crippen LogP contribution in [0.5, 0.6) is 0 Å². The van der Waals surface area contributed by atoms with Crippen LogP contribution in [-0.2, 0) is 19.0 Å². The van der Waals surface area contributed by atoms with Crippen molar-refractivity contribution in [3.05, 3.63) is 0 Å². The van der Waals surface area contributed by atoms with Gasteiger partial charge < -0.3 is 19.9 Å². The van der Waals surface area contributed by atoms with Gasteiger partial charge in [-0.1, -0.05) is 0 Å². The fraction of sp³-hybridized carbons (Fsp3) is 0.917. The maximum Gasteiger partial charge on any atom is 0.308 e. The lowest BCUT2D eigenvalue weighted by molar-refractivity contribution is -0.148. The average Bonchev–Trinajstić information content (AvgIpc) is 2.28. The zero-order chi connectivity index (χ0) is 13.3. The molecule has 0 aromatic rings. The van der Waals surface area contributed by atoms with Crippen LogP contribution in [0.3, 0.4) is 0 Å². The quantitative estimate of drug-likeness (QED) is 0.618. The fourth-order valence-electron chi connectivity index (χ4n) is 1.20. The molecule has 17 heavy (non-hydrogen) atoms. The molecule has 0 saturated heterocycles. The second-order valence-corrected chi connectivity index (χ2v) is 4.45. The molecule has 0 aromatic carbocycles. The predicted octanol–water partition coefficient (Wildman–Crippen LogP) is 1.10. The molecule has 0 bridgehead atoms. The van der Waals surface area contributed by atoms with E-state index in [1.807, 2.05) is 20.8 Å². The Bertz CT molecular complexity index is 219. The van der Waals surface area contributed by atoms with E-state index in [1.54, 1.807) is 7.11 Å². The third kappa shape index (κ3) is 8.12. The van der Waals surface area contributed by atoms with Crippen molar-refractivity contribution < 1.29 is 19.0 Å². The molecular formula is C12H25NO4. The van der Waals surface area contributed by atoms with E-state index < -0.39 is 0 Å². The average molecular weight is 247 g/mol. The SMILES string of the molecule is CCOC(CN)CC(=O)OCCC(C)(C)OC. The van der Waals surface area contributed by atoms with E-state index in [0.717, 1.165) is 0 Å². The van der Waals surface area contributed by atoms with E-state index in [9.17, 15) is 4.79 Å². The van der Waals surface area contributed by atoms with Gasteiger partial charge in [0.2, 0.25) is 0 Å². The molecule has 0 aliphatic carbocycles. The molecule has 102 valence electrons. The van der Waals surface area contributed by atoms with Crippen molar-refractivity contribution >= 4 is 5.97 Å². The van der Waals surface area contributed by atoms with Crippen LogP contribution in [0, 0.1) is 0 Å². The Morgan fingerprint density at radius 3 is 2.53 bits per heavy atom. The normalized spacial score (nSPS) is 13.5. The van der Waals surface area contributed by atoms with Gasteiger partial charge in [0.15, 0.2) is 0 Å². The Labute approximate surface area is 104 Å². The van der Waals surface area contributed by atoms with E-state index >= 15 is 0 Å². The Morgan fingerprint density at radius 2 is 2.06 bits per heavy atom. The molecule has 5 heteroatoms. The van der Waals surface area contributed by atoms with Gasteiger partial charge in [-0.3, -0.25) is 4.79 Å². The van der Waals surface area contributed by atoms with Gasteiger partial charge >= 0.3 is 5.97 Å². The van der Waals surface area contributed by atoms with Crippen LogP contribution >= 0.6 is 0 Å². The van der Waals surface area contributed by atoms with Crippen LogP contribution in [0.2, 0.25) is 0 Å². The van der Waals surface area contributed by atoms with E-state index in [4.69, 9.17) is 19.9 Å². The third-order valence-corrected chi connectivity index (χ3v) is 2.58. The number of hydrogen-bond donors (Lipinski definition) is 1. The lowest BCUT2D eigenvalue weighted by atomic mass is 10.1. The molecule has 0 fully saturated rings. The maximum absolute atomic E-state index is 11.5. The molecule has 2 N–H and O–H groups in total. The number of ether oxygens (including phenoxy) is 3. The lowest BCUT2D eigenvalue weighted by Crippen LogP contribution is -2.29. The number of hydrogen-bond acceptors (Lipinski definition) is 5. The van der Waals surface area contributed by atoms with Crippen molar-refractivity contribution in [3.8, 4) is 0 Å². The molecule has 5 nitrogen and oxygen atoms in total. The summed E-state index contributed by atoms with van der Waals surface area (Å²) < 4.78 is 15.6. The Hall–Kier alpha value is -0.650. The number of esters is 1. The molecule has 0 aliphatic heterocycles. The predicted molar refractivity (Wildman–Crippen MR) is 65.7 cm³/mol. The number of carbonyl (C=O) groups is 1. The van der Waals surface area contributed by atoms with Gasteiger partial charge in [0, 0.05) is 26.7 Å². The molecule has 0 aliphatic rings. The Balaban J connectivity index is 3.79. The van der Waals surface area contributed by atoms with Gasteiger partial charge in [-0.2, -0.15) is 0 Å². The van der Waals surface area contributed by atoms with Gasteiger partial charge in [0.25, 0.3) is 0 Å². The first-order chi connectivity index (χ1) is 7.95. The summed E-state index contributed by atoms with van der Waals surface area (Å²) in [4.78, 5) is 11.5. The summed E-state index contributed by atoms with van der Waals surface area (Å²) in [6, 6.07) is 0. The molecule has 0 spiro atoms. The zero-order valence-corrected chi connectivity index (χ0v) is 11.3. The summed E-state index contributed by atoms with van der Waals surface area (Å²) in [6.45, 7) is 6.99. The molecule has 0 amide bonds. The first kappa shape index (κ1) is 16.4. The minimum Gasteiger partial charge on any atom is -0.465 e. The molecule has 1 unspecified atom stereocenters. The smallest absolute Gasteiger partial charge is 0.308 e. The standard InChI is InChI=1S/C12H25NO4/c1-5-16-10(9-13)8-11(14)17-7-6-12(2,3)15-4/h10H,5-9,13H2,1-4H3. The summed E-state index contributed by atoms with van der Waals surface area (Å²) in [6.07, 6.45) is 0.623. The van der Waals surface area contributed by atoms with Crippen molar-refractivity contribution in [2.24, 2.45) is 5.73 Å². The Kier molecular flexibility index (Phi) is 8.12. The van der Waals surface area contributed by atoms with Crippen molar-refractivity contribution in [1.82, 2.24) is 0 Å². The van der Waals surface area contributed by atoms with Gasteiger partial charge in [-0.05, 0) is 20.8 Å². The fourth-order valence-corrected chi connectivity index (χ4v) is 1.20. The van der Waals surface area contributed by atoms with Crippen molar-refractivity contribution in [2.45, 2.75) is 45.3 Å². The lowest BCUT2D eigenvalue weighted by Gasteiger charge is -2.22. The summed E-state index contributed by atoms with van der Waals surface area (Å²) in [7, 11) is 1.64. The van der Waals surface area contributed by atoms with E-state index in [0.29, 0.717) is 26.2 Å². The highest BCUT2D eigenvalue weighted by molar-refractivity contribution is 5.69. The zero-order valence-electron chi connectivity index (χ0n) is 11.3. The van der Waals surface area contributed by atoms with Crippen LogP contribution in [0.25, 0.3) is 0 Å². The van der Waals surface area contributed by atoms with Gasteiger partial charge in [0.1, 0.15) is 0 Å². The van der Waals surface area contributed by atoms with Crippen molar-refractivity contribution in [2.75, 3.05) is 26.9 Å². The first-order valence-electron chi connectivity index (χ1n) is 5.97.